The predicted molar refractivity (Wildman–Crippen MR) is 92.9 cm³/mol. The summed E-state index contributed by atoms with van der Waals surface area (Å²) in [6.07, 6.45) is 5.46. The number of aryl methyl sites for hydroxylation is 1. The number of hydrogen-bond donors (Lipinski definition) is 0. The molecule has 1 saturated heterocycles. The molecule has 5 heteroatoms. The zero-order chi connectivity index (χ0) is 16.6. The number of hydrogen-bond acceptors (Lipinski definition) is 4. The molecule has 24 heavy (non-hydrogen) atoms. The molecular weight excluding hydrogens is 300 g/mol. The fourth-order valence-corrected chi connectivity index (χ4v) is 3.49. The summed E-state index contributed by atoms with van der Waals surface area (Å²) in [5.74, 6) is 1.05. The SMILES string of the molecule is Cc1ccc(C2(C(=O)N3CCN(c4ncccn4)CC3)CC2)cc1. The smallest absolute Gasteiger partial charge is 0.233 e. The second-order valence-corrected chi connectivity index (χ2v) is 6.78. The van der Waals surface area contributed by atoms with E-state index < -0.39 is 0 Å². The molecule has 0 radical (unpaired) electrons. The van der Waals surface area contributed by atoms with Gasteiger partial charge in [-0.05, 0) is 31.4 Å². The molecule has 2 aliphatic rings. The first-order valence-corrected chi connectivity index (χ1v) is 8.58. The highest BCUT2D eigenvalue weighted by atomic mass is 16.2. The van der Waals surface area contributed by atoms with Crippen molar-refractivity contribution in [2.75, 3.05) is 31.1 Å². The third-order valence-corrected chi connectivity index (χ3v) is 5.17. The average Bonchev–Trinajstić information content (AvgIpc) is 3.44. The van der Waals surface area contributed by atoms with Crippen LogP contribution in [-0.4, -0.2) is 47.0 Å². The van der Waals surface area contributed by atoms with Gasteiger partial charge in [-0.1, -0.05) is 29.8 Å². The van der Waals surface area contributed by atoms with Crippen LogP contribution >= 0.6 is 0 Å². The Labute approximate surface area is 142 Å². The minimum Gasteiger partial charge on any atom is -0.338 e. The maximum absolute atomic E-state index is 13.1. The number of aromatic nitrogens is 2. The molecular formula is C19H22N4O. The summed E-state index contributed by atoms with van der Waals surface area (Å²) >= 11 is 0. The number of piperazine rings is 1. The summed E-state index contributed by atoms with van der Waals surface area (Å²) < 4.78 is 0. The van der Waals surface area contributed by atoms with Gasteiger partial charge in [-0.3, -0.25) is 4.79 Å². The zero-order valence-electron chi connectivity index (χ0n) is 14.0. The minimum atomic E-state index is -0.265. The molecule has 1 amide bonds. The van der Waals surface area contributed by atoms with Gasteiger partial charge in [-0.25, -0.2) is 9.97 Å². The topological polar surface area (TPSA) is 49.3 Å². The molecule has 124 valence electrons. The summed E-state index contributed by atoms with van der Waals surface area (Å²) in [6, 6.07) is 10.3. The van der Waals surface area contributed by atoms with Crippen LogP contribution in [0.4, 0.5) is 5.95 Å². The van der Waals surface area contributed by atoms with E-state index in [-0.39, 0.29) is 5.41 Å². The van der Waals surface area contributed by atoms with Gasteiger partial charge >= 0.3 is 0 Å². The van der Waals surface area contributed by atoms with E-state index in [4.69, 9.17) is 0 Å². The Morgan fingerprint density at radius 2 is 1.62 bits per heavy atom. The third-order valence-electron chi connectivity index (χ3n) is 5.17. The summed E-state index contributed by atoms with van der Waals surface area (Å²) in [6.45, 7) is 5.14. The number of carbonyl (C=O) groups is 1. The summed E-state index contributed by atoms with van der Waals surface area (Å²) in [5, 5.41) is 0. The van der Waals surface area contributed by atoms with Gasteiger partial charge in [0.05, 0.1) is 5.41 Å². The van der Waals surface area contributed by atoms with E-state index in [1.165, 1.54) is 11.1 Å². The van der Waals surface area contributed by atoms with E-state index in [0.717, 1.165) is 45.0 Å². The molecule has 2 heterocycles. The van der Waals surface area contributed by atoms with E-state index >= 15 is 0 Å². The number of benzene rings is 1. The van der Waals surface area contributed by atoms with Crippen LogP contribution in [-0.2, 0) is 10.2 Å². The van der Waals surface area contributed by atoms with Gasteiger partial charge in [0, 0.05) is 38.6 Å². The number of carbonyl (C=O) groups excluding carboxylic acids is 1. The lowest BCUT2D eigenvalue weighted by molar-refractivity contribution is -0.134. The van der Waals surface area contributed by atoms with Crippen molar-refractivity contribution in [3.63, 3.8) is 0 Å². The fourth-order valence-electron chi connectivity index (χ4n) is 3.49. The van der Waals surface area contributed by atoms with Gasteiger partial charge in [-0.15, -0.1) is 0 Å². The van der Waals surface area contributed by atoms with Crippen molar-refractivity contribution in [1.29, 1.82) is 0 Å². The van der Waals surface area contributed by atoms with Crippen LogP contribution in [0.25, 0.3) is 0 Å². The van der Waals surface area contributed by atoms with Crippen LogP contribution in [0.5, 0.6) is 0 Å². The highest BCUT2D eigenvalue weighted by molar-refractivity contribution is 5.91. The van der Waals surface area contributed by atoms with Crippen LogP contribution in [0, 0.1) is 6.92 Å². The van der Waals surface area contributed by atoms with E-state index in [9.17, 15) is 4.79 Å². The van der Waals surface area contributed by atoms with E-state index in [1.54, 1.807) is 12.4 Å². The van der Waals surface area contributed by atoms with Gasteiger partial charge in [0.1, 0.15) is 0 Å². The Morgan fingerprint density at radius 3 is 2.21 bits per heavy atom. The number of anilines is 1. The highest BCUT2D eigenvalue weighted by Crippen LogP contribution is 2.49. The van der Waals surface area contributed by atoms with Crippen LogP contribution in [0.15, 0.2) is 42.7 Å². The maximum atomic E-state index is 13.1. The first kappa shape index (κ1) is 15.1. The van der Waals surface area contributed by atoms with Crippen molar-refractivity contribution >= 4 is 11.9 Å². The molecule has 0 atom stereocenters. The van der Waals surface area contributed by atoms with Gasteiger partial charge in [0.25, 0.3) is 0 Å². The lowest BCUT2D eigenvalue weighted by atomic mass is 9.93. The van der Waals surface area contributed by atoms with Crippen molar-refractivity contribution in [3.8, 4) is 0 Å². The number of amides is 1. The van der Waals surface area contributed by atoms with Crippen LogP contribution < -0.4 is 4.90 Å². The monoisotopic (exact) mass is 322 g/mol. The average molecular weight is 322 g/mol. The fraction of sp³-hybridized carbons (Fsp3) is 0.421. The molecule has 0 spiro atoms. The van der Waals surface area contributed by atoms with Crippen LogP contribution in [0.1, 0.15) is 24.0 Å². The summed E-state index contributed by atoms with van der Waals surface area (Å²) in [7, 11) is 0. The van der Waals surface area contributed by atoms with Crippen molar-refractivity contribution in [2.24, 2.45) is 0 Å². The van der Waals surface area contributed by atoms with Crippen molar-refractivity contribution in [1.82, 2.24) is 14.9 Å². The molecule has 1 aromatic heterocycles. The van der Waals surface area contributed by atoms with Crippen LogP contribution in [0.3, 0.4) is 0 Å². The van der Waals surface area contributed by atoms with Crippen LogP contribution in [0.2, 0.25) is 0 Å². The van der Waals surface area contributed by atoms with E-state index in [1.807, 2.05) is 11.0 Å². The molecule has 1 aliphatic heterocycles. The lowest BCUT2D eigenvalue weighted by Gasteiger charge is -2.36. The largest absolute Gasteiger partial charge is 0.338 e. The maximum Gasteiger partial charge on any atom is 0.233 e. The van der Waals surface area contributed by atoms with Gasteiger partial charge in [-0.2, -0.15) is 0 Å². The summed E-state index contributed by atoms with van der Waals surface area (Å²) in [4.78, 5) is 25.9. The Morgan fingerprint density at radius 1 is 1.00 bits per heavy atom. The lowest BCUT2D eigenvalue weighted by Crippen LogP contribution is -2.52. The molecule has 0 unspecified atom stereocenters. The molecule has 0 bridgehead atoms. The third kappa shape index (κ3) is 2.64. The normalized spacial score (nSPS) is 19.2. The predicted octanol–water partition coefficient (Wildman–Crippen LogP) is 2.17. The first-order chi connectivity index (χ1) is 11.7. The molecule has 2 aromatic rings. The highest BCUT2D eigenvalue weighted by Gasteiger charge is 2.53. The minimum absolute atomic E-state index is 0.265. The Hall–Kier alpha value is -2.43. The number of nitrogens with zero attached hydrogens (tertiary/aromatic N) is 4. The second kappa shape index (κ2) is 5.89. The quantitative estimate of drug-likeness (QED) is 0.869. The van der Waals surface area contributed by atoms with Gasteiger partial charge < -0.3 is 9.80 Å². The molecule has 5 nitrogen and oxygen atoms in total. The Bertz CT molecular complexity index is 717. The molecule has 1 saturated carbocycles. The van der Waals surface area contributed by atoms with Crippen molar-refractivity contribution in [2.45, 2.75) is 25.2 Å². The zero-order valence-corrected chi connectivity index (χ0v) is 14.0. The standard InChI is InChI=1S/C19H22N4O/c1-15-3-5-16(6-4-15)19(7-8-19)17(24)22-11-13-23(14-12-22)18-20-9-2-10-21-18/h2-6,9-10H,7-8,11-14H2,1H3. The van der Waals surface area contributed by atoms with Gasteiger partial charge in [0.2, 0.25) is 11.9 Å². The van der Waals surface area contributed by atoms with E-state index in [2.05, 4.69) is 46.1 Å². The molecule has 1 aliphatic carbocycles. The summed E-state index contributed by atoms with van der Waals surface area (Å²) in [5.41, 5.74) is 2.14. The number of rotatable bonds is 3. The molecule has 4 rings (SSSR count). The molecule has 1 aromatic carbocycles. The van der Waals surface area contributed by atoms with Crippen molar-refractivity contribution in [3.05, 3.63) is 53.9 Å². The van der Waals surface area contributed by atoms with Crippen molar-refractivity contribution < 1.29 is 4.79 Å². The molecule has 0 N–H and O–H groups in total. The first-order valence-electron chi connectivity index (χ1n) is 8.58. The molecule has 2 fully saturated rings. The second-order valence-electron chi connectivity index (χ2n) is 6.78. The Kier molecular flexibility index (Phi) is 3.71. The van der Waals surface area contributed by atoms with Gasteiger partial charge in [0.15, 0.2) is 0 Å². The van der Waals surface area contributed by atoms with E-state index in [0.29, 0.717) is 5.91 Å². The Balaban J connectivity index is 1.44.